The second kappa shape index (κ2) is 5.15. The van der Waals surface area contributed by atoms with Crippen molar-refractivity contribution in [3.8, 4) is 11.8 Å². The van der Waals surface area contributed by atoms with Crippen LogP contribution in [-0.2, 0) is 4.79 Å². The molecule has 1 amide bonds. The summed E-state index contributed by atoms with van der Waals surface area (Å²) in [4.78, 5) is 11.2. The van der Waals surface area contributed by atoms with E-state index in [1.165, 1.54) is 0 Å². The van der Waals surface area contributed by atoms with Crippen LogP contribution in [0.2, 0.25) is 0 Å². The summed E-state index contributed by atoms with van der Waals surface area (Å²) in [6.45, 7) is 1.92. The molecule has 0 unspecified atom stereocenters. The number of carbonyl (C=O) groups is 1. The summed E-state index contributed by atoms with van der Waals surface area (Å²) >= 11 is 0. The van der Waals surface area contributed by atoms with Crippen LogP contribution in [0.1, 0.15) is 12.1 Å². The number of nitrogens with one attached hydrogen (secondary N) is 1. The molecule has 0 aliphatic carbocycles. The van der Waals surface area contributed by atoms with Gasteiger partial charge in [-0.3, -0.25) is 4.79 Å². The van der Waals surface area contributed by atoms with Crippen LogP contribution in [0.3, 0.4) is 0 Å². The molecule has 0 atom stereocenters. The Morgan fingerprint density at radius 2 is 2.11 bits per heavy atom. The lowest BCUT2D eigenvalue weighted by molar-refractivity contribution is -0.115. The Hall–Kier alpha value is -2.61. The number of aromatic nitrogens is 2. The highest BCUT2D eigenvalue weighted by Gasteiger charge is 2.02. The molecule has 0 radical (unpaired) electrons. The van der Waals surface area contributed by atoms with E-state index in [0.717, 1.165) is 11.4 Å². The number of benzene rings is 1. The second-order valence-corrected chi connectivity index (χ2v) is 3.83. The van der Waals surface area contributed by atoms with E-state index in [2.05, 4.69) is 10.4 Å². The Labute approximate surface area is 105 Å². The van der Waals surface area contributed by atoms with Gasteiger partial charge in [0, 0.05) is 11.9 Å². The lowest BCUT2D eigenvalue weighted by Gasteiger charge is -2.05. The average molecular weight is 240 g/mol. The zero-order valence-corrected chi connectivity index (χ0v) is 9.92. The average Bonchev–Trinajstić information content (AvgIpc) is 2.77. The fraction of sp³-hybridized carbons (Fsp3) is 0.154. The summed E-state index contributed by atoms with van der Waals surface area (Å²) in [5, 5.41) is 15.3. The van der Waals surface area contributed by atoms with Crippen molar-refractivity contribution in [1.82, 2.24) is 9.78 Å². The predicted octanol–water partition coefficient (Wildman–Crippen LogP) is 2.03. The minimum atomic E-state index is -0.305. The van der Waals surface area contributed by atoms with Gasteiger partial charge in [-0.2, -0.15) is 10.4 Å². The Morgan fingerprint density at radius 1 is 1.39 bits per heavy atom. The van der Waals surface area contributed by atoms with Gasteiger partial charge in [-0.05, 0) is 37.3 Å². The maximum Gasteiger partial charge on any atom is 0.238 e. The minimum absolute atomic E-state index is 0.139. The first-order chi connectivity index (χ1) is 8.69. The summed E-state index contributed by atoms with van der Waals surface area (Å²) in [7, 11) is 0. The predicted molar refractivity (Wildman–Crippen MR) is 67.2 cm³/mol. The molecule has 1 aromatic heterocycles. The molecule has 5 nitrogen and oxygen atoms in total. The van der Waals surface area contributed by atoms with E-state index in [4.69, 9.17) is 5.26 Å². The molecular formula is C13H12N4O. The van der Waals surface area contributed by atoms with Crippen LogP contribution < -0.4 is 5.32 Å². The summed E-state index contributed by atoms with van der Waals surface area (Å²) in [6, 6.07) is 11.0. The molecule has 0 aliphatic heterocycles. The molecule has 2 aromatic rings. The third-order valence-corrected chi connectivity index (χ3v) is 2.38. The second-order valence-electron chi connectivity index (χ2n) is 3.83. The molecule has 1 aromatic carbocycles. The van der Waals surface area contributed by atoms with E-state index < -0.39 is 0 Å². The smallest absolute Gasteiger partial charge is 0.238 e. The highest BCUT2D eigenvalue weighted by molar-refractivity contribution is 5.92. The van der Waals surface area contributed by atoms with E-state index in [9.17, 15) is 4.79 Å². The van der Waals surface area contributed by atoms with Gasteiger partial charge in [-0.15, -0.1) is 0 Å². The topological polar surface area (TPSA) is 70.7 Å². The summed E-state index contributed by atoms with van der Waals surface area (Å²) in [5.41, 5.74) is 2.53. The molecule has 0 saturated carbocycles. The van der Waals surface area contributed by atoms with Crippen molar-refractivity contribution < 1.29 is 4.79 Å². The quantitative estimate of drug-likeness (QED) is 0.892. The van der Waals surface area contributed by atoms with Crippen molar-refractivity contribution in [1.29, 1.82) is 5.26 Å². The number of anilines is 1. The molecule has 0 saturated heterocycles. The van der Waals surface area contributed by atoms with E-state index in [-0.39, 0.29) is 12.3 Å². The maximum atomic E-state index is 11.2. The SMILES string of the molecule is Cc1ccn(-c2ccc(NC(=O)CC#N)cc2)n1. The number of nitriles is 1. The number of rotatable bonds is 3. The minimum Gasteiger partial charge on any atom is -0.325 e. The van der Waals surface area contributed by atoms with Crippen LogP contribution in [0.25, 0.3) is 5.69 Å². The first kappa shape index (κ1) is 11.9. The van der Waals surface area contributed by atoms with Crippen molar-refractivity contribution in [2.45, 2.75) is 13.3 Å². The van der Waals surface area contributed by atoms with Gasteiger partial charge in [0.1, 0.15) is 6.42 Å². The first-order valence-electron chi connectivity index (χ1n) is 5.48. The molecule has 90 valence electrons. The largest absolute Gasteiger partial charge is 0.325 e. The van der Waals surface area contributed by atoms with E-state index in [0.29, 0.717) is 5.69 Å². The van der Waals surface area contributed by atoms with Crippen molar-refractivity contribution >= 4 is 11.6 Å². The number of carbonyl (C=O) groups excluding carboxylic acids is 1. The molecule has 5 heteroatoms. The van der Waals surface area contributed by atoms with Gasteiger partial charge < -0.3 is 5.32 Å². The molecule has 2 rings (SSSR count). The van der Waals surface area contributed by atoms with E-state index in [1.54, 1.807) is 22.9 Å². The normalized spacial score (nSPS) is 9.78. The molecule has 0 aliphatic rings. The molecule has 1 heterocycles. The van der Waals surface area contributed by atoms with Crippen LogP contribution in [0, 0.1) is 18.3 Å². The first-order valence-corrected chi connectivity index (χ1v) is 5.48. The number of hydrogen-bond acceptors (Lipinski definition) is 3. The lowest BCUT2D eigenvalue weighted by Crippen LogP contribution is -2.10. The third-order valence-electron chi connectivity index (χ3n) is 2.38. The van der Waals surface area contributed by atoms with Crippen molar-refractivity contribution in [3.05, 3.63) is 42.2 Å². The molecule has 0 spiro atoms. The van der Waals surface area contributed by atoms with Gasteiger partial charge in [0.25, 0.3) is 0 Å². The van der Waals surface area contributed by atoms with E-state index >= 15 is 0 Å². The summed E-state index contributed by atoms with van der Waals surface area (Å²) < 4.78 is 1.76. The van der Waals surface area contributed by atoms with Crippen LogP contribution in [0.15, 0.2) is 36.5 Å². The van der Waals surface area contributed by atoms with Gasteiger partial charge in [0.15, 0.2) is 0 Å². The van der Waals surface area contributed by atoms with E-state index in [1.807, 2.05) is 31.3 Å². The van der Waals surface area contributed by atoms with Crippen LogP contribution in [0.4, 0.5) is 5.69 Å². The highest BCUT2D eigenvalue weighted by atomic mass is 16.1. The van der Waals surface area contributed by atoms with Crippen molar-refractivity contribution in [2.75, 3.05) is 5.32 Å². The Kier molecular flexibility index (Phi) is 3.39. The fourth-order valence-corrected chi connectivity index (χ4v) is 1.53. The van der Waals surface area contributed by atoms with Crippen LogP contribution in [-0.4, -0.2) is 15.7 Å². The number of aryl methyl sites for hydroxylation is 1. The molecule has 0 bridgehead atoms. The number of hydrogen-bond donors (Lipinski definition) is 1. The molecule has 18 heavy (non-hydrogen) atoms. The van der Waals surface area contributed by atoms with Crippen molar-refractivity contribution in [3.63, 3.8) is 0 Å². The summed E-state index contributed by atoms with van der Waals surface area (Å²) in [6.07, 6.45) is 1.73. The molecule has 0 fully saturated rings. The Morgan fingerprint density at radius 3 is 2.67 bits per heavy atom. The van der Waals surface area contributed by atoms with Crippen LogP contribution >= 0.6 is 0 Å². The number of amides is 1. The monoisotopic (exact) mass is 240 g/mol. The Bertz CT molecular complexity index is 592. The fourth-order valence-electron chi connectivity index (χ4n) is 1.53. The third kappa shape index (κ3) is 2.74. The summed E-state index contributed by atoms with van der Waals surface area (Å²) in [5.74, 6) is -0.305. The number of nitrogens with zero attached hydrogens (tertiary/aromatic N) is 3. The van der Waals surface area contributed by atoms with Gasteiger partial charge in [0.2, 0.25) is 5.91 Å². The van der Waals surface area contributed by atoms with Crippen molar-refractivity contribution in [2.24, 2.45) is 0 Å². The standard InChI is InChI=1S/C13H12N4O/c1-10-7-9-17(16-10)12-4-2-11(3-5-12)15-13(18)6-8-14/h2-5,7,9H,6H2,1H3,(H,15,18). The highest BCUT2D eigenvalue weighted by Crippen LogP contribution is 2.13. The van der Waals surface area contributed by atoms with Gasteiger partial charge in [-0.1, -0.05) is 0 Å². The molecular weight excluding hydrogens is 228 g/mol. The van der Waals surface area contributed by atoms with Crippen LogP contribution in [0.5, 0.6) is 0 Å². The zero-order chi connectivity index (χ0) is 13.0. The zero-order valence-electron chi connectivity index (χ0n) is 9.92. The maximum absolute atomic E-state index is 11.2. The van der Waals surface area contributed by atoms with Gasteiger partial charge in [-0.25, -0.2) is 4.68 Å². The lowest BCUT2D eigenvalue weighted by atomic mass is 10.2. The van der Waals surface area contributed by atoms with Gasteiger partial charge in [0.05, 0.1) is 17.5 Å². The Balaban J connectivity index is 2.11. The van der Waals surface area contributed by atoms with Gasteiger partial charge >= 0.3 is 0 Å². The molecule has 1 N–H and O–H groups in total.